The molecule has 3 aliphatic rings. The van der Waals surface area contributed by atoms with Crippen LogP contribution in [0.1, 0.15) is 22.3 Å². The molecule has 0 amide bonds. The molecule has 2 aliphatic heterocycles. The van der Waals surface area contributed by atoms with E-state index >= 15 is 0 Å². The van der Waals surface area contributed by atoms with Crippen molar-refractivity contribution in [2.75, 3.05) is 4.90 Å². The van der Waals surface area contributed by atoms with Crippen molar-refractivity contribution in [3.63, 3.8) is 0 Å². The highest BCUT2D eigenvalue weighted by atomic mass is 15.2. The molecule has 0 unspecified atom stereocenters. The van der Waals surface area contributed by atoms with Gasteiger partial charge in [-0.1, -0.05) is 175 Å². The van der Waals surface area contributed by atoms with Gasteiger partial charge in [-0.25, -0.2) is 0 Å². The van der Waals surface area contributed by atoms with E-state index in [4.69, 9.17) is 0 Å². The van der Waals surface area contributed by atoms with E-state index in [1.807, 2.05) is 0 Å². The average Bonchev–Trinajstić information content (AvgIpc) is 3.80. The van der Waals surface area contributed by atoms with E-state index in [1.165, 1.54) is 111 Å². The molecular weight excluding hydrogens is 675 g/mol. The molecule has 1 radical (unpaired) electrons. The first kappa shape index (κ1) is 30.3. The zero-order valence-corrected chi connectivity index (χ0v) is 30.4. The highest BCUT2D eigenvalue weighted by Gasteiger charge is 2.52. The number of nitrogens with one attached hydrogen (secondary N) is 1. The third-order valence-corrected chi connectivity index (χ3v) is 12.8. The summed E-state index contributed by atoms with van der Waals surface area (Å²) in [5, 5.41) is 4.98. The zero-order valence-electron chi connectivity index (χ0n) is 30.4. The Kier molecular flexibility index (Phi) is 5.94. The van der Waals surface area contributed by atoms with Gasteiger partial charge in [0.05, 0.1) is 22.1 Å². The lowest BCUT2D eigenvalue weighted by Crippen LogP contribution is -2.47. The Morgan fingerprint density at radius 1 is 0.411 bits per heavy atom. The Labute approximate surface area is 325 Å². The van der Waals surface area contributed by atoms with Crippen LogP contribution in [0.2, 0.25) is 0 Å². The number of para-hydroxylation sites is 3. The van der Waals surface area contributed by atoms with Gasteiger partial charge in [0, 0.05) is 33.1 Å². The van der Waals surface area contributed by atoms with Gasteiger partial charge in [0.25, 0.3) is 0 Å². The van der Waals surface area contributed by atoms with Crippen LogP contribution in [0.4, 0.5) is 17.1 Å². The number of fused-ring (bicyclic) bond motifs is 16. The fourth-order valence-electron chi connectivity index (χ4n) is 10.6. The number of aromatic nitrogens is 1. The molecule has 0 fully saturated rings. The number of H-pyrrole nitrogens is 1. The van der Waals surface area contributed by atoms with Gasteiger partial charge in [-0.2, -0.15) is 0 Å². The molecule has 0 atom stereocenters. The number of aromatic amines is 1. The van der Waals surface area contributed by atoms with Crippen LogP contribution in [0, 0.1) is 0 Å². The van der Waals surface area contributed by atoms with Gasteiger partial charge in [-0.3, -0.25) is 0 Å². The van der Waals surface area contributed by atoms with Crippen molar-refractivity contribution in [1.29, 1.82) is 0 Å². The Morgan fingerprint density at radius 3 is 1.89 bits per heavy atom. The molecule has 13 rings (SSSR count). The molecule has 0 bridgehead atoms. The number of hydrogen-bond donors (Lipinski definition) is 1. The van der Waals surface area contributed by atoms with E-state index in [0.29, 0.717) is 0 Å². The molecule has 0 saturated carbocycles. The zero-order chi connectivity index (χ0) is 36.5. The predicted octanol–water partition coefficient (Wildman–Crippen LogP) is 11.9. The molecule has 3 heterocycles. The van der Waals surface area contributed by atoms with E-state index in [9.17, 15) is 0 Å². The van der Waals surface area contributed by atoms with E-state index in [2.05, 4.69) is 205 Å². The lowest BCUT2D eigenvalue weighted by molar-refractivity contribution is 0.754. The van der Waals surface area contributed by atoms with Crippen LogP contribution in [0.5, 0.6) is 0 Å². The number of benzene rings is 9. The molecule has 9 aromatic carbocycles. The van der Waals surface area contributed by atoms with Gasteiger partial charge >= 0.3 is 0 Å². The minimum Gasteiger partial charge on any atom is -0.353 e. The highest BCUT2D eigenvalue weighted by molar-refractivity contribution is 6.73. The summed E-state index contributed by atoms with van der Waals surface area (Å²) in [5.41, 5.74) is 20.8. The van der Waals surface area contributed by atoms with Gasteiger partial charge < -0.3 is 9.88 Å². The third-order valence-electron chi connectivity index (χ3n) is 12.8. The molecule has 1 spiro atoms. The molecule has 56 heavy (non-hydrogen) atoms. The number of hydrogen-bond acceptors (Lipinski definition) is 1. The summed E-state index contributed by atoms with van der Waals surface area (Å²) in [6.07, 6.45) is 0. The van der Waals surface area contributed by atoms with Crippen LogP contribution in [0.15, 0.2) is 188 Å². The number of anilines is 3. The van der Waals surface area contributed by atoms with Gasteiger partial charge in [0.2, 0.25) is 0 Å². The minimum atomic E-state index is -0.449. The van der Waals surface area contributed by atoms with Crippen molar-refractivity contribution in [2.45, 2.75) is 5.41 Å². The minimum absolute atomic E-state index is 0.449. The molecule has 1 aliphatic carbocycles. The monoisotopic (exact) mass is 707 g/mol. The van der Waals surface area contributed by atoms with E-state index in [-0.39, 0.29) is 0 Å². The molecule has 2 nitrogen and oxygen atoms in total. The lowest BCUT2D eigenvalue weighted by Gasteiger charge is -2.48. The SMILES string of the molecule is [B]1c2cccc3c2N(c2ccccc2C32c3ccccc3-c3ccccc32)c2cc(-c3ccccc3)cc(-c3cccc4c3[nH]c3c5ccccc5ccc43)c21. The number of rotatable bonds is 2. The molecular formula is C53H32BN2. The molecule has 257 valence electrons. The fraction of sp³-hybridized carbons (Fsp3) is 0.0189. The summed E-state index contributed by atoms with van der Waals surface area (Å²) >= 11 is 0. The summed E-state index contributed by atoms with van der Waals surface area (Å²) in [6.45, 7) is 0. The first-order valence-electron chi connectivity index (χ1n) is 19.5. The van der Waals surface area contributed by atoms with E-state index < -0.39 is 5.41 Å². The first-order chi connectivity index (χ1) is 27.8. The summed E-state index contributed by atoms with van der Waals surface area (Å²) in [4.78, 5) is 6.54. The molecule has 10 aromatic rings. The third kappa shape index (κ3) is 3.77. The largest absolute Gasteiger partial charge is 0.353 e. The van der Waals surface area contributed by atoms with Crippen LogP contribution in [0.3, 0.4) is 0 Å². The van der Waals surface area contributed by atoms with Crippen LogP contribution < -0.4 is 15.8 Å². The maximum atomic E-state index is 3.96. The van der Waals surface area contributed by atoms with Crippen LogP contribution in [-0.2, 0) is 5.41 Å². The van der Waals surface area contributed by atoms with Crippen molar-refractivity contribution in [3.05, 3.63) is 210 Å². The standard InChI is InChI=1S/C53H32BN2/c1-2-14-32(15-3-1)34-30-41(39-21-12-20-38-40-29-28-33-16-4-5-17-35(33)50(40)55-51(38)39)49-48(31-34)56-47-27-11-10-24-44(47)53(45-25-13-26-46(54-49)52(45)56)42-22-8-6-18-36(42)37-19-7-9-23-43(37)53/h1-31,55H. The van der Waals surface area contributed by atoms with Gasteiger partial charge in [0.1, 0.15) is 0 Å². The second kappa shape index (κ2) is 11.0. The Hall–Kier alpha value is -7.10. The summed E-state index contributed by atoms with van der Waals surface area (Å²) in [7, 11) is 2.46. The second-order valence-corrected chi connectivity index (χ2v) is 15.5. The summed E-state index contributed by atoms with van der Waals surface area (Å²) < 4.78 is 0. The molecule has 3 heteroatoms. The van der Waals surface area contributed by atoms with Crippen molar-refractivity contribution >= 4 is 67.8 Å². The molecule has 0 saturated heterocycles. The van der Waals surface area contributed by atoms with Gasteiger partial charge in [-0.15, -0.1) is 0 Å². The van der Waals surface area contributed by atoms with Crippen LogP contribution in [-0.4, -0.2) is 12.3 Å². The summed E-state index contributed by atoms with van der Waals surface area (Å²) in [6, 6.07) is 70.0. The van der Waals surface area contributed by atoms with Crippen molar-refractivity contribution in [1.82, 2.24) is 4.98 Å². The quantitative estimate of drug-likeness (QED) is 0.177. The second-order valence-electron chi connectivity index (χ2n) is 15.5. The normalized spacial score (nSPS) is 14.0. The topological polar surface area (TPSA) is 19.0 Å². The van der Waals surface area contributed by atoms with E-state index in [0.717, 1.165) is 5.52 Å². The fourth-order valence-corrected chi connectivity index (χ4v) is 10.6. The van der Waals surface area contributed by atoms with E-state index in [1.54, 1.807) is 0 Å². The lowest BCUT2D eigenvalue weighted by atomic mass is 9.54. The average molecular weight is 708 g/mol. The Morgan fingerprint density at radius 2 is 1.05 bits per heavy atom. The molecule has 1 N–H and O–H groups in total. The smallest absolute Gasteiger partial charge is 0.197 e. The highest BCUT2D eigenvalue weighted by Crippen LogP contribution is 2.63. The van der Waals surface area contributed by atoms with Crippen LogP contribution >= 0.6 is 0 Å². The van der Waals surface area contributed by atoms with Crippen molar-refractivity contribution in [3.8, 4) is 33.4 Å². The number of nitrogens with zero attached hydrogens (tertiary/aromatic N) is 1. The van der Waals surface area contributed by atoms with Crippen LogP contribution in [0.25, 0.3) is 66.0 Å². The van der Waals surface area contributed by atoms with Crippen molar-refractivity contribution < 1.29 is 0 Å². The Bertz CT molecular complexity index is 3260. The maximum absolute atomic E-state index is 3.96. The summed E-state index contributed by atoms with van der Waals surface area (Å²) in [5.74, 6) is 0. The maximum Gasteiger partial charge on any atom is 0.197 e. The first-order valence-corrected chi connectivity index (χ1v) is 19.5. The van der Waals surface area contributed by atoms with Crippen molar-refractivity contribution in [2.24, 2.45) is 0 Å². The predicted molar refractivity (Wildman–Crippen MR) is 235 cm³/mol. The van der Waals surface area contributed by atoms with Gasteiger partial charge in [0.15, 0.2) is 7.28 Å². The van der Waals surface area contributed by atoms with Gasteiger partial charge in [-0.05, 0) is 79.1 Å². The molecule has 1 aromatic heterocycles. The Balaban J connectivity index is 1.13.